The summed E-state index contributed by atoms with van der Waals surface area (Å²) < 4.78 is 0. The normalized spacial score (nSPS) is 11.7. The monoisotopic (exact) mass is 310 g/mol. The lowest BCUT2D eigenvalue weighted by Gasteiger charge is -2.24. The van der Waals surface area contributed by atoms with Crippen molar-refractivity contribution in [1.29, 1.82) is 0 Å². The first-order valence-corrected chi connectivity index (χ1v) is 7.60. The highest BCUT2D eigenvalue weighted by molar-refractivity contribution is 6.39. The van der Waals surface area contributed by atoms with E-state index in [1.165, 1.54) is 4.90 Å². The van der Waals surface area contributed by atoms with Crippen molar-refractivity contribution in [2.75, 3.05) is 12.4 Å². The third-order valence-electron chi connectivity index (χ3n) is 4.02. The second-order valence-corrected chi connectivity index (χ2v) is 5.78. The van der Waals surface area contributed by atoms with Crippen LogP contribution in [-0.2, 0) is 9.59 Å². The predicted octanol–water partition coefficient (Wildman–Crippen LogP) is 3.46. The summed E-state index contributed by atoms with van der Waals surface area (Å²) in [7, 11) is 1.64. The number of carbonyl (C=O) groups is 2. The molecule has 1 atom stereocenters. The Bertz CT molecular complexity index is 711. The van der Waals surface area contributed by atoms with Crippen molar-refractivity contribution >= 4 is 17.5 Å². The van der Waals surface area contributed by atoms with Crippen molar-refractivity contribution in [3.63, 3.8) is 0 Å². The summed E-state index contributed by atoms with van der Waals surface area (Å²) in [5.41, 5.74) is 3.62. The van der Waals surface area contributed by atoms with Gasteiger partial charge in [0.15, 0.2) is 0 Å². The summed E-state index contributed by atoms with van der Waals surface area (Å²) in [6.45, 7) is 5.74. The Balaban J connectivity index is 2.10. The van der Waals surface area contributed by atoms with Crippen LogP contribution in [0.4, 0.5) is 5.69 Å². The van der Waals surface area contributed by atoms with Crippen molar-refractivity contribution in [3.05, 3.63) is 65.2 Å². The fourth-order valence-electron chi connectivity index (χ4n) is 2.34. The van der Waals surface area contributed by atoms with E-state index in [4.69, 9.17) is 0 Å². The Morgan fingerprint density at radius 3 is 2.35 bits per heavy atom. The van der Waals surface area contributed by atoms with Gasteiger partial charge in [0.2, 0.25) is 0 Å². The van der Waals surface area contributed by atoms with Gasteiger partial charge in [-0.05, 0) is 43.5 Å². The second kappa shape index (κ2) is 7.09. The standard InChI is InChI=1S/C19H22N2O2/c1-13-10-11-14(2)17(12-13)20-18(22)19(23)21(4)15(3)16-8-6-5-7-9-16/h5-12,15H,1-4H3,(H,20,22). The van der Waals surface area contributed by atoms with Gasteiger partial charge in [-0.15, -0.1) is 0 Å². The first kappa shape index (κ1) is 16.7. The third-order valence-corrected chi connectivity index (χ3v) is 4.02. The minimum atomic E-state index is -0.621. The van der Waals surface area contributed by atoms with Gasteiger partial charge in [0.1, 0.15) is 0 Å². The van der Waals surface area contributed by atoms with Crippen LogP contribution < -0.4 is 5.32 Å². The van der Waals surface area contributed by atoms with Gasteiger partial charge in [0.05, 0.1) is 6.04 Å². The van der Waals surface area contributed by atoms with E-state index >= 15 is 0 Å². The van der Waals surface area contributed by atoms with E-state index in [0.717, 1.165) is 16.7 Å². The molecule has 0 bridgehead atoms. The number of anilines is 1. The zero-order valence-corrected chi connectivity index (χ0v) is 14.0. The molecule has 0 spiro atoms. The zero-order chi connectivity index (χ0) is 17.0. The lowest BCUT2D eigenvalue weighted by Crippen LogP contribution is -2.38. The van der Waals surface area contributed by atoms with Crippen molar-refractivity contribution < 1.29 is 9.59 Å². The maximum Gasteiger partial charge on any atom is 0.313 e. The number of nitrogens with one attached hydrogen (secondary N) is 1. The van der Waals surface area contributed by atoms with E-state index in [-0.39, 0.29) is 6.04 Å². The summed E-state index contributed by atoms with van der Waals surface area (Å²) in [4.78, 5) is 26.1. The van der Waals surface area contributed by atoms with Crippen LogP contribution in [0.3, 0.4) is 0 Å². The van der Waals surface area contributed by atoms with Gasteiger partial charge < -0.3 is 10.2 Å². The highest BCUT2D eigenvalue weighted by atomic mass is 16.2. The van der Waals surface area contributed by atoms with E-state index in [9.17, 15) is 9.59 Å². The van der Waals surface area contributed by atoms with Gasteiger partial charge in [0.25, 0.3) is 0 Å². The number of aryl methyl sites for hydroxylation is 2. The topological polar surface area (TPSA) is 49.4 Å². The molecule has 4 nitrogen and oxygen atoms in total. The zero-order valence-electron chi connectivity index (χ0n) is 14.0. The first-order valence-electron chi connectivity index (χ1n) is 7.60. The van der Waals surface area contributed by atoms with Crippen LogP contribution in [0.2, 0.25) is 0 Å². The van der Waals surface area contributed by atoms with Crippen LogP contribution in [0.15, 0.2) is 48.5 Å². The van der Waals surface area contributed by atoms with Crippen LogP contribution in [0, 0.1) is 13.8 Å². The maximum atomic E-state index is 12.4. The Morgan fingerprint density at radius 1 is 1.04 bits per heavy atom. The number of nitrogens with zero attached hydrogens (tertiary/aromatic N) is 1. The summed E-state index contributed by atoms with van der Waals surface area (Å²) in [6, 6.07) is 15.2. The largest absolute Gasteiger partial charge is 0.331 e. The number of rotatable bonds is 3. The molecule has 4 heteroatoms. The van der Waals surface area contributed by atoms with E-state index in [2.05, 4.69) is 5.32 Å². The van der Waals surface area contributed by atoms with Crippen LogP contribution in [0.25, 0.3) is 0 Å². The van der Waals surface area contributed by atoms with Gasteiger partial charge in [-0.1, -0.05) is 42.5 Å². The fraction of sp³-hybridized carbons (Fsp3) is 0.263. The van der Waals surface area contributed by atoms with Gasteiger partial charge >= 0.3 is 11.8 Å². The molecule has 23 heavy (non-hydrogen) atoms. The van der Waals surface area contributed by atoms with E-state index < -0.39 is 11.8 Å². The smallest absolute Gasteiger partial charge is 0.313 e. The number of likely N-dealkylation sites (N-methyl/N-ethyl adjacent to an activating group) is 1. The Kier molecular flexibility index (Phi) is 5.16. The quantitative estimate of drug-likeness (QED) is 0.883. The van der Waals surface area contributed by atoms with Gasteiger partial charge in [-0.25, -0.2) is 0 Å². The molecule has 0 saturated carbocycles. The van der Waals surface area contributed by atoms with Crippen molar-refractivity contribution in [2.24, 2.45) is 0 Å². The lowest BCUT2D eigenvalue weighted by atomic mass is 10.1. The van der Waals surface area contributed by atoms with Gasteiger partial charge in [-0.2, -0.15) is 0 Å². The molecule has 0 heterocycles. The Morgan fingerprint density at radius 2 is 1.70 bits per heavy atom. The lowest BCUT2D eigenvalue weighted by molar-refractivity contribution is -0.143. The molecule has 0 radical (unpaired) electrons. The molecular formula is C19H22N2O2. The fourth-order valence-corrected chi connectivity index (χ4v) is 2.34. The van der Waals surface area contributed by atoms with E-state index in [0.29, 0.717) is 5.69 Å². The molecule has 2 aromatic carbocycles. The molecule has 0 fully saturated rings. The Hall–Kier alpha value is -2.62. The molecule has 0 aromatic heterocycles. The molecule has 0 aliphatic carbocycles. The predicted molar refractivity (Wildman–Crippen MR) is 92.2 cm³/mol. The van der Waals surface area contributed by atoms with Crippen LogP contribution >= 0.6 is 0 Å². The average molecular weight is 310 g/mol. The van der Waals surface area contributed by atoms with Crippen molar-refractivity contribution in [2.45, 2.75) is 26.8 Å². The number of hydrogen-bond acceptors (Lipinski definition) is 2. The van der Waals surface area contributed by atoms with Crippen molar-refractivity contribution in [3.8, 4) is 0 Å². The molecule has 0 saturated heterocycles. The molecule has 120 valence electrons. The summed E-state index contributed by atoms with van der Waals surface area (Å²) in [5, 5.41) is 2.71. The highest BCUT2D eigenvalue weighted by Crippen LogP contribution is 2.20. The molecule has 2 aromatic rings. The van der Waals surface area contributed by atoms with E-state index in [1.54, 1.807) is 7.05 Å². The highest BCUT2D eigenvalue weighted by Gasteiger charge is 2.24. The van der Waals surface area contributed by atoms with E-state index in [1.807, 2.05) is 69.3 Å². The first-order chi connectivity index (χ1) is 10.9. The molecule has 1 unspecified atom stereocenters. The molecular weight excluding hydrogens is 288 g/mol. The minimum absolute atomic E-state index is 0.173. The minimum Gasteiger partial charge on any atom is -0.331 e. The van der Waals surface area contributed by atoms with Gasteiger partial charge in [-0.3, -0.25) is 9.59 Å². The van der Waals surface area contributed by atoms with Gasteiger partial charge in [0, 0.05) is 12.7 Å². The molecule has 1 N–H and O–H groups in total. The summed E-state index contributed by atoms with van der Waals surface area (Å²) in [6.07, 6.45) is 0. The second-order valence-electron chi connectivity index (χ2n) is 5.78. The maximum absolute atomic E-state index is 12.4. The SMILES string of the molecule is Cc1ccc(C)c(NC(=O)C(=O)N(C)C(C)c2ccccc2)c1. The molecule has 0 aliphatic rings. The molecule has 0 aliphatic heterocycles. The summed E-state index contributed by atoms with van der Waals surface area (Å²) in [5.74, 6) is -1.17. The van der Waals surface area contributed by atoms with Crippen LogP contribution in [0.5, 0.6) is 0 Å². The Labute approximate surface area is 137 Å². The van der Waals surface area contributed by atoms with Crippen molar-refractivity contribution in [1.82, 2.24) is 4.90 Å². The third kappa shape index (κ3) is 3.97. The number of hydrogen-bond donors (Lipinski definition) is 1. The van der Waals surface area contributed by atoms with Crippen LogP contribution in [-0.4, -0.2) is 23.8 Å². The molecule has 2 amide bonds. The summed E-state index contributed by atoms with van der Waals surface area (Å²) >= 11 is 0. The number of benzene rings is 2. The number of amides is 2. The van der Waals surface area contributed by atoms with Crippen LogP contribution in [0.1, 0.15) is 29.7 Å². The molecule has 2 rings (SSSR count). The average Bonchev–Trinajstić information content (AvgIpc) is 2.56. The number of carbonyl (C=O) groups excluding carboxylic acids is 2.